The van der Waals surface area contributed by atoms with E-state index in [0.717, 1.165) is 5.06 Å². The van der Waals surface area contributed by atoms with Gasteiger partial charge in [-0.05, 0) is 27.7 Å². The number of hydrogen-bond acceptors (Lipinski definition) is 4. The number of rotatable bonds is 4. The van der Waals surface area contributed by atoms with Crippen molar-refractivity contribution in [1.82, 2.24) is 5.06 Å². The van der Waals surface area contributed by atoms with Crippen LogP contribution in [0.5, 0.6) is 0 Å². The Morgan fingerprint density at radius 2 is 1.40 bits per heavy atom. The van der Waals surface area contributed by atoms with Gasteiger partial charge in [0.1, 0.15) is 0 Å². The first-order valence-corrected chi connectivity index (χ1v) is 5.69. The summed E-state index contributed by atoms with van der Waals surface area (Å²) < 4.78 is 61.3. The Bertz CT molecular complexity index is 289. The number of alkyl halides is 3. The third kappa shape index (κ3) is 3.96. The first kappa shape index (κ1) is 14.7. The first-order valence-electron chi connectivity index (χ1n) is 4.28. The van der Waals surface area contributed by atoms with Gasteiger partial charge in [0.15, 0.2) is 0 Å². The molecule has 0 atom stereocenters. The molecule has 0 saturated carbocycles. The Balaban J connectivity index is 4.85. The van der Waals surface area contributed by atoms with Crippen molar-refractivity contribution in [2.75, 3.05) is 0 Å². The standard InChI is InChI=1S/C7H14F3NO3S/c1-5(2)11(6(3)4)14-15(12,13)7(8,9)10/h5-6H,1-4H3. The summed E-state index contributed by atoms with van der Waals surface area (Å²) in [5.74, 6) is 0. The Morgan fingerprint density at radius 1 is 1.07 bits per heavy atom. The molecule has 0 aromatic carbocycles. The van der Waals surface area contributed by atoms with Gasteiger partial charge >= 0.3 is 15.6 Å². The fraction of sp³-hybridized carbons (Fsp3) is 1.00. The largest absolute Gasteiger partial charge is 0.524 e. The van der Waals surface area contributed by atoms with Crippen LogP contribution in [0.25, 0.3) is 0 Å². The van der Waals surface area contributed by atoms with Crippen LogP contribution in [-0.2, 0) is 14.4 Å². The van der Waals surface area contributed by atoms with Crippen LogP contribution < -0.4 is 0 Å². The molecule has 92 valence electrons. The van der Waals surface area contributed by atoms with Gasteiger partial charge in [-0.25, -0.2) is 0 Å². The summed E-state index contributed by atoms with van der Waals surface area (Å²) in [6.07, 6.45) is 0. The van der Waals surface area contributed by atoms with Crippen LogP contribution in [0.2, 0.25) is 0 Å². The molecule has 0 rings (SSSR count). The lowest BCUT2D eigenvalue weighted by molar-refractivity contribution is -0.132. The highest BCUT2D eigenvalue weighted by Gasteiger charge is 2.49. The fourth-order valence-electron chi connectivity index (χ4n) is 0.924. The molecule has 8 heteroatoms. The minimum atomic E-state index is -5.56. The zero-order valence-electron chi connectivity index (χ0n) is 8.87. The van der Waals surface area contributed by atoms with Crippen molar-refractivity contribution in [3.8, 4) is 0 Å². The van der Waals surface area contributed by atoms with Gasteiger partial charge in [-0.1, -0.05) is 0 Å². The van der Waals surface area contributed by atoms with E-state index in [1.54, 1.807) is 0 Å². The normalized spacial score (nSPS) is 14.3. The molecule has 0 aliphatic heterocycles. The van der Waals surface area contributed by atoms with Crippen LogP contribution in [-0.4, -0.2) is 31.1 Å². The van der Waals surface area contributed by atoms with Gasteiger partial charge < -0.3 is 0 Å². The monoisotopic (exact) mass is 249 g/mol. The molecular formula is C7H14F3NO3S. The number of hydrogen-bond donors (Lipinski definition) is 0. The maximum Gasteiger partial charge on any atom is 0.524 e. The first-order chi connectivity index (χ1) is 6.49. The summed E-state index contributed by atoms with van der Waals surface area (Å²) in [5.41, 5.74) is -5.39. The van der Waals surface area contributed by atoms with Crippen LogP contribution in [0.15, 0.2) is 0 Å². The lowest BCUT2D eigenvalue weighted by Gasteiger charge is -2.28. The molecule has 0 aliphatic rings. The van der Waals surface area contributed by atoms with Crippen LogP contribution in [0.1, 0.15) is 27.7 Å². The highest BCUT2D eigenvalue weighted by molar-refractivity contribution is 7.87. The SMILES string of the molecule is CC(C)N(OS(=O)(=O)C(F)(F)F)C(C)C. The van der Waals surface area contributed by atoms with Crippen molar-refractivity contribution >= 4 is 10.1 Å². The molecule has 0 aromatic heterocycles. The van der Waals surface area contributed by atoms with Gasteiger partial charge in [0.05, 0.1) is 0 Å². The third-order valence-electron chi connectivity index (χ3n) is 1.49. The maximum absolute atomic E-state index is 12.0. The quantitative estimate of drug-likeness (QED) is 0.564. The van der Waals surface area contributed by atoms with E-state index < -0.39 is 27.7 Å². The van der Waals surface area contributed by atoms with Gasteiger partial charge in [-0.2, -0.15) is 30.9 Å². The van der Waals surface area contributed by atoms with Crippen LogP contribution >= 0.6 is 0 Å². The topological polar surface area (TPSA) is 46.6 Å². The van der Waals surface area contributed by atoms with E-state index >= 15 is 0 Å². The maximum atomic E-state index is 12.0. The molecule has 0 aromatic rings. The smallest absolute Gasteiger partial charge is 0.188 e. The van der Waals surface area contributed by atoms with E-state index in [4.69, 9.17) is 0 Å². The Hall–Kier alpha value is -0.340. The predicted molar refractivity (Wildman–Crippen MR) is 48.2 cm³/mol. The minimum absolute atomic E-state index is 0.470. The molecule has 0 fully saturated rings. The average Bonchev–Trinajstić information content (AvgIpc) is 1.96. The molecule has 0 amide bonds. The lowest BCUT2D eigenvalue weighted by atomic mass is 10.3. The van der Waals surface area contributed by atoms with Crippen molar-refractivity contribution < 1.29 is 25.9 Å². The molecule has 0 N–H and O–H groups in total. The van der Waals surface area contributed by atoms with Gasteiger partial charge in [-0.15, -0.1) is 0 Å². The molecule has 0 saturated heterocycles. The molecule has 15 heavy (non-hydrogen) atoms. The van der Waals surface area contributed by atoms with Crippen molar-refractivity contribution in [3.63, 3.8) is 0 Å². The van der Waals surface area contributed by atoms with E-state index in [1.165, 1.54) is 27.7 Å². The number of nitrogens with zero attached hydrogens (tertiary/aromatic N) is 1. The summed E-state index contributed by atoms with van der Waals surface area (Å²) >= 11 is 0. The summed E-state index contributed by atoms with van der Waals surface area (Å²) in [6, 6.07) is -0.941. The van der Waals surface area contributed by atoms with E-state index in [2.05, 4.69) is 4.28 Å². The summed E-state index contributed by atoms with van der Waals surface area (Å²) in [5, 5.41) is 0.781. The Labute approximate surface area is 87.1 Å². The Morgan fingerprint density at radius 3 is 1.60 bits per heavy atom. The zero-order valence-corrected chi connectivity index (χ0v) is 9.69. The lowest BCUT2D eigenvalue weighted by Crippen LogP contribution is -2.42. The van der Waals surface area contributed by atoms with Crippen molar-refractivity contribution in [1.29, 1.82) is 0 Å². The van der Waals surface area contributed by atoms with E-state index in [1.807, 2.05) is 0 Å². The zero-order chi connectivity index (χ0) is 12.4. The second-order valence-electron chi connectivity index (χ2n) is 3.52. The van der Waals surface area contributed by atoms with Gasteiger partial charge in [-0.3, -0.25) is 0 Å². The molecular weight excluding hydrogens is 235 g/mol. The number of halogens is 3. The minimum Gasteiger partial charge on any atom is -0.188 e. The number of hydroxylamine groups is 2. The van der Waals surface area contributed by atoms with E-state index in [-0.39, 0.29) is 0 Å². The molecule has 0 aliphatic carbocycles. The van der Waals surface area contributed by atoms with Gasteiger partial charge in [0.2, 0.25) is 0 Å². The van der Waals surface area contributed by atoms with Crippen molar-refractivity contribution in [2.24, 2.45) is 0 Å². The second kappa shape index (κ2) is 4.67. The van der Waals surface area contributed by atoms with E-state index in [0.29, 0.717) is 0 Å². The summed E-state index contributed by atoms with van der Waals surface area (Å²) in [7, 11) is -5.56. The average molecular weight is 249 g/mol. The molecule has 4 nitrogen and oxygen atoms in total. The highest BCUT2D eigenvalue weighted by Crippen LogP contribution is 2.26. The van der Waals surface area contributed by atoms with E-state index in [9.17, 15) is 21.6 Å². The molecule has 0 radical (unpaired) electrons. The third-order valence-corrected chi connectivity index (χ3v) is 2.42. The molecule has 0 heterocycles. The Kier molecular flexibility index (Phi) is 4.56. The predicted octanol–water partition coefficient (Wildman–Crippen LogP) is 1.89. The molecule has 0 spiro atoms. The van der Waals surface area contributed by atoms with Gasteiger partial charge in [0.25, 0.3) is 0 Å². The van der Waals surface area contributed by atoms with Crippen LogP contribution in [0, 0.1) is 0 Å². The van der Waals surface area contributed by atoms with Crippen LogP contribution in [0.4, 0.5) is 13.2 Å². The van der Waals surface area contributed by atoms with Crippen molar-refractivity contribution in [3.05, 3.63) is 0 Å². The van der Waals surface area contributed by atoms with Gasteiger partial charge in [0, 0.05) is 12.1 Å². The highest BCUT2D eigenvalue weighted by atomic mass is 32.2. The molecule has 0 unspecified atom stereocenters. The fourth-order valence-corrected chi connectivity index (χ4v) is 1.58. The van der Waals surface area contributed by atoms with Crippen molar-refractivity contribution in [2.45, 2.75) is 45.3 Å². The molecule has 0 bridgehead atoms. The van der Waals surface area contributed by atoms with Crippen LogP contribution in [0.3, 0.4) is 0 Å². The second-order valence-corrected chi connectivity index (χ2v) is 5.04. The summed E-state index contributed by atoms with van der Waals surface area (Å²) in [4.78, 5) is 0. The summed E-state index contributed by atoms with van der Waals surface area (Å²) in [6.45, 7) is 6.13.